The summed E-state index contributed by atoms with van der Waals surface area (Å²) < 4.78 is 0. The third kappa shape index (κ3) is 9.21. The number of carbonyl (C=O) groups is 2. The van der Waals surface area contributed by atoms with E-state index in [2.05, 4.69) is 11.9 Å². The van der Waals surface area contributed by atoms with Gasteiger partial charge in [-0.1, -0.05) is 13.8 Å². The molecule has 0 aromatic rings. The summed E-state index contributed by atoms with van der Waals surface area (Å²) in [4.78, 5) is 23.3. The summed E-state index contributed by atoms with van der Waals surface area (Å²) in [5.41, 5.74) is 0. The molecule has 1 heterocycles. The Morgan fingerprint density at radius 2 is 1.53 bits per heavy atom. The number of hydrogen-bond acceptors (Lipinski definition) is 3. The number of carboxylic acid groups (broad SMARTS) is 1. The van der Waals surface area contributed by atoms with Gasteiger partial charge in [-0.25, -0.2) is 0 Å². The maximum Gasteiger partial charge on any atom is 0.290 e. The van der Waals surface area contributed by atoms with Gasteiger partial charge in [0.25, 0.3) is 6.47 Å². The first kappa shape index (κ1) is 16.3. The molecule has 1 fully saturated rings. The van der Waals surface area contributed by atoms with Crippen molar-refractivity contribution in [1.29, 1.82) is 0 Å². The quantitative estimate of drug-likeness (QED) is 0.602. The van der Waals surface area contributed by atoms with Crippen LogP contribution in [-0.4, -0.2) is 60.5 Å². The Morgan fingerprint density at radius 3 is 1.80 bits per heavy atom. The van der Waals surface area contributed by atoms with Crippen LogP contribution in [0.4, 0.5) is 0 Å². The van der Waals surface area contributed by atoms with E-state index >= 15 is 0 Å². The number of likely N-dealkylation sites (N-methyl/N-ethyl adjacent to an activating group) is 1. The zero-order valence-corrected chi connectivity index (χ0v) is 10.1. The number of piperazine rings is 1. The van der Waals surface area contributed by atoms with Gasteiger partial charge in [-0.05, 0) is 7.05 Å². The average Bonchev–Trinajstić information content (AvgIpc) is 2.22. The number of rotatable bonds is 0. The molecule has 1 aliphatic rings. The van der Waals surface area contributed by atoms with E-state index in [1.54, 1.807) is 6.92 Å². The van der Waals surface area contributed by atoms with Crippen LogP contribution in [0.2, 0.25) is 0 Å². The van der Waals surface area contributed by atoms with Gasteiger partial charge in [0.05, 0.1) is 0 Å². The lowest BCUT2D eigenvalue weighted by molar-refractivity contribution is -0.130. The van der Waals surface area contributed by atoms with Crippen LogP contribution in [0.15, 0.2) is 0 Å². The molecule has 0 spiro atoms. The summed E-state index contributed by atoms with van der Waals surface area (Å²) in [5, 5.41) is 6.89. The summed E-state index contributed by atoms with van der Waals surface area (Å²) in [6.07, 6.45) is 0. The van der Waals surface area contributed by atoms with E-state index in [-0.39, 0.29) is 12.4 Å². The number of amides is 1. The van der Waals surface area contributed by atoms with Crippen molar-refractivity contribution >= 4 is 12.4 Å². The van der Waals surface area contributed by atoms with Crippen LogP contribution < -0.4 is 0 Å². The molecular formula is C10H22N2O3. The average molecular weight is 218 g/mol. The Kier molecular flexibility index (Phi) is 12.0. The summed E-state index contributed by atoms with van der Waals surface area (Å²) in [6, 6.07) is 0. The lowest BCUT2D eigenvalue weighted by atomic mass is 10.3. The highest BCUT2D eigenvalue weighted by molar-refractivity contribution is 5.73. The monoisotopic (exact) mass is 218 g/mol. The lowest BCUT2D eigenvalue weighted by Gasteiger charge is -2.31. The fraction of sp³-hybridized carbons (Fsp3) is 0.800. The third-order valence-electron chi connectivity index (χ3n) is 1.95. The smallest absolute Gasteiger partial charge is 0.290 e. The van der Waals surface area contributed by atoms with E-state index in [9.17, 15) is 4.79 Å². The van der Waals surface area contributed by atoms with E-state index in [1.165, 1.54) is 0 Å². The van der Waals surface area contributed by atoms with Crippen molar-refractivity contribution in [2.24, 2.45) is 0 Å². The van der Waals surface area contributed by atoms with Crippen LogP contribution in [0.1, 0.15) is 20.8 Å². The first-order chi connectivity index (χ1) is 7.11. The lowest BCUT2D eigenvalue weighted by Crippen LogP contribution is -2.46. The maximum atomic E-state index is 10.8. The molecule has 1 amide bonds. The Bertz CT molecular complexity index is 166. The molecule has 1 aliphatic heterocycles. The van der Waals surface area contributed by atoms with Gasteiger partial charge >= 0.3 is 0 Å². The highest BCUT2D eigenvalue weighted by atomic mass is 16.3. The molecule has 1 saturated heterocycles. The highest BCUT2D eigenvalue weighted by Gasteiger charge is 2.14. The zero-order chi connectivity index (χ0) is 12.3. The molecule has 1 N–H and O–H groups in total. The SMILES string of the molecule is CC.CC(=O)N1CCN(C)CC1.O=CO. The third-order valence-corrected chi connectivity index (χ3v) is 1.95. The minimum atomic E-state index is -0.250. The molecule has 0 atom stereocenters. The minimum absolute atomic E-state index is 0.202. The molecule has 0 aromatic carbocycles. The maximum absolute atomic E-state index is 10.8. The van der Waals surface area contributed by atoms with Gasteiger partial charge in [-0.3, -0.25) is 9.59 Å². The second-order valence-electron chi connectivity index (χ2n) is 2.91. The van der Waals surface area contributed by atoms with Gasteiger partial charge in [0.2, 0.25) is 5.91 Å². The summed E-state index contributed by atoms with van der Waals surface area (Å²) in [5.74, 6) is 0.202. The molecule has 5 nitrogen and oxygen atoms in total. The van der Waals surface area contributed by atoms with Gasteiger partial charge in [0.1, 0.15) is 0 Å². The van der Waals surface area contributed by atoms with Gasteiger partial charge in [-0.15, -0.1) is 0 Å². The van der Waals surface area contributed by atoms with Crippen LogP contribution in [-0.2, 0) is 9.59 Å². The van der Waals surface area contributed by atoms with Crippen LogP contribution in [0, 0.1) is 0 Å². The van der Waals surface area contributed by atoms with Gasteiger partial charge in [0, 0.05) is 33.1 Å². The molecular weight excluding hydrogens is 196 g/mol. The molecule has 1 rings (SSSR count). The van der Waals surface area contributed by atoms with E-state index in [4.69, 9.17) is 9.90 Å². The molecule has 0 aromatic heterocycles. The molecule has 0 bridgehead atoms. The van der Waals surface area contributed by atoms with Crippen molar-refractivity contribution < 1.29 is 14.7 Å². The number of hydrogen-bond donors (Lipinski definition) is 1. The number of nitrogens with zero attached hydrogens (tertiary/aromatic N) is 2. The molecule has 0 saturated carbocycles. The Balaban J connectivity index is 0. The molecule has 0 aliphatic carbocycles. The molecule has 0 radical (unpaired) electrons. The van der Waals surface area contributed by atoms with E-state index in [0.29, 0.717) is 0 Å². The summed E-state index contributed by atoms with van der Waals surface area (Å²) in [7, 11) is 2.08. The Morgan fingerprint density at radius 1 is 1.20 bits per heavy atom. The van der Waals surface area contributed by atoms with Crippen LogP contribution in [0.25, 0.3) is 0 Å². The molecule has 5 heteroatoms. The zero-order valence-electron chi connectivity index (χ0n) is 10.1. The van der Waals surface area contributed by atoms with E-state index in [0.717, 1.165) is 26.2 Å². The van der Waals surface area contributed by atoms with E-state index in [1.807, 2.05) is 18.7 Å². The van der Waals surface area contributed by atoms with Crippen molar-refractivity contribution in [1.82, 2.24) is 9.80 Å². The molecule has 15 heavy (non-hydrogen) atoms. The van der Waals surface area contributed by atoms with Gasteiger partial charge in [0.15, 0.2) is 0 Å². The second-order valence-corrected chi connectivity index (χ2v) is 2.91. The fourth-order valence-corrected chi connectivity index (χ4v) is 1.12. The van der Waals surface area contributed by atoms with E-state index < -0.39 is 0 Å². The Hall–Kier alpha value is -1.10. The molecule has 90 valence electrons. The highest BCUT2D eigenvalue weighted by Crippen LogP contribution is 1.98. The largest absolute Gasteiger partial charge is 0.483 e. The van der Waals surface area contributed by atoms with Gasteiger partial charge < -0.3 is 14.9 Å². The molecule has 0 unspecified atom stereocenters. The fourth-order valence-electron chi connectivity index (χ4n) is 1.12. The van der Waals surface area contributed by atoms with Crippen LogP contribution in [0.5, 0.6) is 0 Å². The van der Waals surface area contributed by atoms with Crippen LogP contribution in [0.3, 0.4) is 0 Å². The first-order valence-corrected chi connectivity index (χ1v) is 5.13. The summed E-state index contributed by atoms with van der Waals surface area (Å²) >= 11 is 0. The van der Waals surface area contributed by atoms with Crippen molar-refractivity contribution in [3.05, 3.63) is 0 Å². The first-order valence-electron chi connectivity index (χ1n) is 5.13. The van der Waals surface area contributed by atoms with Crippen molar-refractivity contribution in [3.63, 3.8) is 0 Å². The topological polar surface area (TPSA) is 60.9 Å². The van der Waals surface area contributed by atoms with Gasteiger partial charge in [-0.2, -0.15) is 0 Å². The second kappa shape index (κ2) is 11.0. The standard InChI is InChI=1S/C7H14N2O.C2H6.CH2O2/c1-7(10)9-5-3-8(2)4-6-9;1-2;2-1-3/h3-6H2,1-2H3;1-2H3;1H,(H,2,3). The Labute approximate surface area is 91.7 Å². The normalized spacial score (nSPS) is 15.3. The van der Waals surface area contributed by atoms with Crippen LogP contribution >= 0.6 is 0 Å². The van der Waals surface area contributed by atoms with Crippen molar-refractivity contribution in [2.45, 2.75) is 20.8 Å². The van der Waals surface area contributed by atoms with Crippen molar-refractivity contribution in [3.8, 4) is 0 Å². The van der Waals surface area contributed by atoms with Crippen molar-refractivity contribution in [2.75, 3.05) is 33.2 Å². The minimum Gasteiger partial charge on any atom is -0.483 e. The predicted octanol–water partition coefficient (Wildman–Crippen LogP) is 0.507. The summed E-state index contributed by atoms with van der Waals surface area (Å²) in [6.45, 7) is 9.20. The predicted molar refractivity (Wildman–Crippen MR) is 59.8 cm³/mol. The number of carbonyl (C=O) groups excluding carboxylic acids is 1.